The number of rotatable bonds is 4. The molecule has 1 fully saturated rings. The fourth-order valence-corrected chi connectivity index (χ4v) is 2.30. The molecule has 0 saturated carbocycles. The minimum atomic E-state index is 0.148. The Morgan fingerprint density at radius 2 is 2.44 bits per heavy atom. The second-order valence-corrected chi connectivity index (χ2v) is 4.62. The third-order valence-corrected chi connectivity index (χ3v) is 3.24. The first kappa shape index (κ1) is 12.6. The molecule has 1 aliphatic rings. The molecule has 2 rings (SSSR count). The maximum absolute atomic E-state index is 13.2. The molecule has 0 bridgehead atoms. The van der Waals surface area contributed by atoms with E-state index in [2.05, 4.69) is 11.7 Å². The van der Waals surface area contributed by atoms with E-state index in [9.17, 15) is 9.28 Å². The Balaban J connectivity index is 2.15. The molecule has 6 heteroatoms. The van der Waals surface area contributed by atoms with Crippen LogP contribution in [0.25, 0.3) is 6.08 Å². The first-order valence-electron chi connectivity index (χ1n) is 5.84. The second-order valence-electron chi connectivity index (χ2n) is 4.62. The molecule has 1 atom stereocenters. The fraction of sp³-hybridized carbons (Fsp3) is 0.500. The van der Waals surface area contributed by atoms with Gasteiger partial charge in [0.15, 0.2) is 0 Å². The Morgan fingerprint density at radius 1 is 1.72 bits per heavy atom. The largest absolute Gasteiger partial charge is 0.345 e. The number of amides is 1. The number of likely N-dealkylation sites (tertiary alicyclic amines) is 1. The highest BCUT2D eigenvalue weighted by Crippen LogP contribution is 2.24. The van der Waals surface area contributed by atoms with Crippen LogP contribution in [0.15, 0.2) is 12.8 Å². The van der Waals surface area contributed by atoms with Gasteiger partial charge in [0, 0.05) is 39.5 Å². The van der Waals surface area contributed by atoms with Gasteiger partial charge in [-0.2, -0.15) is 5.10 Å². The summed E-state index contributed by atoms with van der Waals surface area (Å²) in [6.45, 7) is 5.00. The summed E-state index contributed by atoms with van der Waals surface area (Å²) in [5, 5.41) is 4.68. The molecule has 2 heterocycles. The molecule has 18 heavy (non-hydrogen) atoms. The maximum Gasteiger partial charge on any atom is 0.222 e. The topological polar surface area (TPSA) is 41.4 Å². The van der Waals surface area contributed by atoms with Crippen LogP contribution in [0.5, 0.6) is 0 Å². The fourth-order valence-electron chi connectivity index (χ4n) is 2.30. The summed E-state index contributed by atoms with van der Waals surface area (Å²) < 4.78 is 14.9. The van der Waals surface area contributed by atoms with Gasteiger partial charge in [-0.1, -0.05) is 6.58 Å². The molecule has 0 spiro atoms. The Labute approximate surface area is 105 Å². The molecule has 1 saturated heterocycles. The highest BCUT2D eigenvalue weighted by molar-refractivity contribution is 5.78. The van der Waals surface area contributed by atoms with Gasteiger partial charge in [-0.05, 0) is 6.08 Å². The SMILES string of the molecule is C=Cc1c(N(C)F)cnn1C[C@@H]1CC(=O)N(C)C1. The molecule has 0 radical (unpaired) electrons. The van der Waals surface area contributed by atoms with E-state index in [0.29, 0.717) is 29.5 Å². The maximum atomic E-state index is 13.2. The van der Waals surface area contributed by atoms with Gasteiger partial charge in [-0.25, -0.2) is 5.12 Å². The van der Waals surface area contributed by atoms with E-state index in [1.165, 1.54) is 13.2 Å². The summed E-state index contributed by atoms with van der Waals surface area (Å²) in [7, 11) is 3.11. The van der Waals surface area contributed by atoms with Crippen LogP contribution < -0.4 is 5.12 Å². The average molecular weight is 252 g/mol. The van der Waals surface area contributed by atoms with E-state index in [-0.39, 0.29) is 11.8 Å². The van der Waals surface area contributed by atoms with Crippen molar-refractivity contribution in [2.24, 2.45) is 5.92 Å². The summed E-state index contributed by atoms with van der Waals surface area (Å²) in [5.74, 6) is 0.369. The molecule has 1 aromatic rings. The molecule has 0 unspecified atom stereocenters. The third kappa shape index (κ3) is 2.23. The van der Waals surface area contributed by atoms with Gasteiger partial charge in [0.1, 0.15) is 5.69 Å². The first-order valence-corrected chi connectivity index (χ1v) is 5.84. The van der Waals surface area contributed by atoms with Crippen molar-refractivity contribution >= 4 is 17.7 Å². The van der Waals surface area contributed by atoms with Gasteiger partial charge in [0.05, 0.1) is 11.9 Å². The Bertz CT molecular complexity index is 469. The Hall–Kier alpha value is -1.85. The van der Waals surface area contributed by atoms with Crippen LogP contribution >= 0.6 is 0 Å². The van der Waals surface area contributed by atoms with Crippen LogP contribution in [0.3, 0.4) is 0 Å². The minimum absolute atomic E-state index is 0.148. The van der Waals surface area contributed by atoms with Crippen LogP contribution in [0, 0.1) is 5.92 Å². The van der Waals surface area contributed by atoms with E-state index in [0.717, 1.165) is 6.54 Å². The number of aromatic nitrogens is 2. The number of hydrogen-bond acceptors (Lipinski definition) is 3. The smallest absolute Gasteiger partial charge is 0.222 e. The quantitative estimate of drug-likeness (QED) is 0.759. The summed E-state index contributed by atoms with van der Waals surface area (Å²) in [6, 6.07) is 0. The van der Waals surface area contributed by atoms with Crippen molar-refractivity contribution < 1.29 is 9.28 Å². The van der Waals surface area contributed by atoms with Gasteiger partial charge in [-0.15, -0.1) is 4.48 Å². The molecule has 0 N–H and O–H groups in total. The lowest BCUT2D eigenvalue weighted by molar-refractivity contribution is -0.126. The number of carbonyl (C=O) groups excluding carboxylic acids is 1. The number of halogens is 1. The average Bonchev–Trinajstić information content (AvgIpc) is 2.84. The zero-order valence-corrected chi connectivity index (χ0v) is 10.6. The molecule has 0 aliphatic carbocycles. The summed E-state index contributed by atoms with van der Waals surface area (Å²) in [4.78, 5) is 13.2. The van der Waals surface area contributed by atoms with Gasteiger partial charge in [-0.3, -0.25) is 9.48 Å². The van der Waals surface area contributed by atoms with Gasteiger partial charge < -0.3 is 4.90 Å². The van der Waals surface area contributed by atoms with Crippen LogP contribution in [0.2, 0.25) is 0 Å². The highest BCUT2D eigenvalue weighted by Gasteiger charge is 2.28. The molecule has 1 aromatic heterocycles. The van der Waals surface area contributed by atoms with Crippen molar-refractivity contribution in [2.45, 2.75) is 13.0 Å². The van der Waals surface area contributed by atoms with Crippen molar-refractivity contribution in [3.05, 3.63) is 18.5 Å². The third-order valence-electron chi connectivity index (χ3n) is 3.24. The van der Waals surface area contributed by atoms with Crippen LogP contribution in [-0.2, 0) is 11.3 Å². The summed E-state index contributed by atoms with van der Waals surface area (Å²) in [6.07, 6.45) is 3.57. The van der Waals surface area contributed by atoms with Crippen LogP contribution in [0.1, 0.15) is 12.1 Å². The molecule has 1 amide bonds. The first-order chi connectivity index (χ1) is 8.52. The molecule has 5 nitrogen and oxygen atoms in total. The Morgan fingerprint density at radius 3 is 2.94 bits per heavy atom. The standard InChI is InChI=1S/C12H17FN4O/c1-4-10-11(16(3)13)6-14-17(10)8-9-5-12(18)15(2)7-9/h4,6,9H,1,5,7-8H2,2-3H3/t9-/m1/s1. The van der Waals surface area contributed by atoms with Gasteiger partial charge in [0.2, 0.25) is 5.91 Å². The van der Waals surface area contributed by atoms with E-state index in [4.69, 9.17) is 0 Å². The predicted molar refractivity (Wildman–Crippen MR) is 67.6 cm³/mol. The zero-order chi connectivity index (χ0) is 13.3. The highest BCUT2D eigenvalue weighted by atomic mass is 19.2. The summed E-state index contributed by atoms with van der Waals surface area (Å²) >= 11 is 0. The summed E-state index contributed by atoms with van der Waals surface area (Å²) in [5.41, 5.74) is 1.03. The zero-order valence-electron chi connectivity index (χ0n) is 10.6. The van der Waals surface area contributed by atoms with Crippen LogP contribution in [0.4, 0.5) is 10.2 Å². The minimum Gasteiger partial charge on any atom is -0.345 e. The molecule has 0 aromatic carbocycles. The molecular weight excluding hydrogens is 235 g/mol. The van der Waals surface area contributed by atoms with Gasteiger partial charge >= 0.3 is 0 Å². The van der Waals surface area contributed by atoms with Gasteiger partial charge in [0.25, 0.3) is 0 Å². The molecule has 1 aliphatic heterocycles. The van der Waals surface area contributed by atoms with E-state index < -0.39 is 0 Å². The lowest BCUT2D eigenvalue weighted by Crippen LogP contribution is -2.20. The number of anilines is 1. The predicted octanol–water partition coefficient (Wildman–Crippen LogP) is 1.33. The second kappa shape index (κ2) is 4.80. The lowest BCUT2D eigenvalue weighted by atomic mass is 10.1. The number of nitrogens with zero attached hydrogens (tertiary/aromatic N) is 4. The Kier molecular flexibility index (Phi) is 3.36. The number of carbonyl (C=O) groups is 1. The van der Waals surface area contributed by atoms with Crippen molar-refractivity contribution in [3.8, 4) is 0 Å². The van der Waals surface area contributed by atoms with E-state index in [1.54, 1.807) is 22.7 Å². The van der Waals surface area contributed by atoms with Crippen molar-refractivity contribution in [1.29, 1.82) is 0 Å². The van der Waals surface area contributed by atoms with E-state index >= 15 is 0 Å². The van der Waals surface area contributed by atoms with Crippen molar-refractivity contribution in [1.82, 2.24) is 14.7 Å². The van der Waals surface area contributed by atoms with E-state index in [1.807, 2.05) is 0 Å². The van der Waals surface area contributed by atoms with Crippen molar-refractivity contribution in [3.63, 3.8) is 0 Å². The molecular formula is C12H17FN4O. The van der Waals surface area contributed by atoms with Crippen molar-refractivity contribution in [2.75, 3.05) is 25.8 Å². The normalized spacial score (nSPS) is 19.4. The monoisotopic (exact) mass is 252 g/mol. The molecule has 98 valence electrons. The lowest BCUT2D eigenvalue weighted by Gasteiger charge is -2.12. The number of hydrogen-bond donors (Lipinski definition) is 0. The van der Waals surface area contributed by atoms with Crippen LogP contribution in [-0.4, -0.2) is 41.2 Å².